The summed E-state index contributed by atoms with van der Waals surface area (Å²) >= 11 is 0. The highest BCUT2D eigenvalue weighted by Crippen LogP contribution is 2.14. The summed E-state index contributed by atoms with van der Waals surface area (Å²) in [7, 11) is 0. The molecule has 0 saturated carbocycles. The number of rotatable bonds is 2. The summed E-state index contributed by atoms with van der Waals surface area (Å²) in [5.74, 6) is 0.408. The molecule has 0 fully saturated rings. The van der Waals surface area contributed by atoms with Crippen LogP contribution >= 0.6 is 0 Å². The Morgan fingerprint density at radius 1 is 1.20 bits per heavy atom. The summed E-state index contributed by atoms with van der Waals surface area (Å²) in [6.45, 7) is 4.05. The molecule has 0 atom stereocenters. The molecule has 0 amide bonds. The van der Waals surface area contributed by atoms with Crippen LogP contribution in [0.1, 0.15) is 12.6 Å². The van der Waals surface area contributed by atoms with E-state index in [0.29, 0.717) is 23.7 Å². The van der Waals surface area contributed by atoms with E-state index in [4.69, 9.17) is 0 Å². The van der Waals surface area contributed by atoms with Gasteiger partial charge in [0.05, 0.1) is 11.9 Å². The van der Waals surface area contributed by atoms with Crippen LogP contribution in [0.4, 0.5) is 0 Å². The van der Waals surface area contributed by atoms with E-state index >= 15 is 0 Å². The average molecular weight is 272 g/mol. The highest BCUT2D eigenvalue weighted by Gasteiger charge is 2.13. The van der Waals surface area contributed by atoms with Crippen molar-refractivity contribution >= 4 is 11.2 Å². The Morgan fingerprint density at radius 3 is 2.65 bits per heavy atom. The predicted octanol–water partition coefficient (Wildman–Crippen LogP) is 0.198. The molecule has 20 heavy (non-hydrogen) atoms. The second-order valence-electron chi connectivity index (χ2n) is 4.33. The highest BCUT2D eigenvalue weighted by molar-refractivity contribution is 5.74. The molecule has 3 rings (SSSR count). The number of H-pyrrole nitrogens is 2. The van der Waals surface area contributed by atoms with Gasteiger partial charge in [-0.3, -0.25) is 19.3 Å². The SMILES string of the molecule is CCn1c(=O)[nH]c(=O)c2[nH]c(-c3cnc(C)cn3)nc21. The molecule has 0 aliphatic heterocycles. The average Bonchev–Trinajstić information content (AvgIpc) is 2.85. The number of hydrogen-bond donors (Lipinski definition) is 2. The third kappa shape index (κ3) is 1.81. The van der Waals surface area contributed by atoms with Crippen molar-refractivity contribution in [1.29, 1.82) is 0 Å². The van der Waals surface area contributed by atoms with E-state index in [1.54, 1.807) is 19.3 Å². The number of nitrogens with one attached hydrogen (secondary N) is 2. The second kappa shape index (κ2) is 4.41. The summed E-state index contributed by atoms with van der Waals surface area (Å²) in [4.78, 5) is 41.2. The molecule has 0 unspecified atom stereocenters. The summed E-state index contributed by atoms with van der Waals surface area (Å²) < 4.78 is 1.39. The Morgan fingerprint density at radius 2 is 2.00 bits per heavy atom. The van der Waals surface area contributed by atoms with E-state index in [9.17, 15) is 9.59 Å². The van der Waals surface area contributed by atoms with E-state index in [1.165, 1.54) is 4.57 Å². The minimum atomic E-state index is -0.492. The molecule has 2 N–H and O–H groups in total. The number of imidazole rings is 1. The molecule has 0 bridgehead atoms. The van der Waals surface area contributed by atoms with E-state index in [0.717, 1.165) is 5.69 Å². The van der Waals surface area contributed by atoms with E-state index in [2.05, 4.69) is 24.9 Å². The molecular weight excluding hydrogens is 260 g/mol. The van der Waals surface area contributed by atoms with Crippen molar-refractivity contribution in [3.05, 3.63) is 38.9 Å². The lowest BCUT2D eigenvalue weighted by Crippen LogP contribution is -2.29. The number of aryl methyl sites for hydroxylation is 2. The monoisotopic (exact) mass is 272 g/mol. The van der Waals surface area contributed by atoms with E-state index < -0.39 is 11.2 Å². The van der Waals surface area contributed by atoms with Crippen molar-refractivity contribution in [2.45, 2.75) is 20.4 Å². The Balaban J connectivity index is 2.30. The second-order valence-corrected chi connectivity index (χ2v) is 4.33. The minimum Gasteiger partial charge on any atom is -0.331 e. The van der Waals surface area contributed by atoms with Crippen LogP contribution in [0.25, 0.3) is 22.7 Å². The van der Waals surface area contributed by atoms with Gasteiger partial charge < -0.3 is 4.98 Å². The number of nitrogens with zero attached hydrogens (tertiary/aromatic N) is 4. The molecule has 3 aromatic rings. The lowest BCUT2D eigenvalue weighted by Gasteiger charge is -1.99. The van der Waals surface area contributed by atoms with Crippen molar-refractivity contribution in [2.24, 2.45) is 0 Å². The fourth-order valence-corrected chi connectivity index (χ4v) is 1.97. The smallest absolute Gasteiger partial charge is 0.330 e. The standard InChI is InChI=1S/C12H12N6O2/c1-3-18-10-8(11(19)17-12(18)20)15-9(16-10)7-5-13-6(2)4-14-7/h4-5H,3H2,1-2H3,(H,15,16)(H,17,19,20). The number of hydrogen-bond acceptors (Lipinski definition) is 5. The van der Waals surface area contributed by atoms with Crippen LogP contribution in [0, 0.1) is 6.92 Å². The van der Waals surface area contributed by atoms with Crippen molar-refractivity contribution < 1.29 is 0 Å². The first-order chi connectivity index (χ1) is 9.60. The van der Waals surface area contributed by atoms with Gasteiger partial charge in [0.1, 0.15) is 11.2 Å². The zero-order valence-corrected chi connectivity index (χ0v) is 11.0. The molecule has 0 saturated heterocycles. The zero-order chi connectivity index (χ0) is 14.3. The van der Waals surface area contributed by atoms with Gasteiger partial charge in [0, 0.05) is 12.7 Å². The molecule has 102 valence electrons. The van der Waals surface area contributed by atoms with Crippen LogP contribution in [-0.2, 0) is 6.54 Å². The van der Waals surface area contributed by atoms with E-state index in [-0.39, 0.29) is 5.52 Å². The molecule has 8 nitrogen and oxygen atoms in total. The zero-order valence-electron chi connectivity index (χ0n) is 11.0. The first-order valence-electron chi connectivity index (χ1n) is 6.12. The molecule has 0 radical (unpaired) electrons. The Kier molecular flexibility index (Phi) is 2.70. The quantitative estimate of drug-likeness (QED) is 0.692. The van der Waals surface area contributed by atoms with Gasteiger partial charge in [-0.25, -0.2) is 14.8 Å². The third-order valence-electron chi connectivity index (χ3n) is 2.97. The molecule has 3 heterocycles. The predicted molar refractivity (Wildman–Crippen MR) is 72.4 cm³/mol. The maximum Gasteiger partial charge on any atom is 0.330 e. The van der Waals surface area contributed by atoms with Gasteiger partial charge in [-0.15, -0.1) is 0 Å². The largest absolute Gasteiger partial charge is 0.331 e. The number of fused-ring (bicyclic) bond motifs is 1. The molecule has 8 heteroatoms. The first-order valence-corrected chi connectivity index (χ1v) is 6.12. The fourth-order valence-electron chi connectivity index (χ4n) is 1.97. The Hall–Kier alpha value is -2.77. The summed E-state index contributed by atoms with van der Waals surface area (Å²) in [6.07, 6.45) is 3.18. The Labute approximate surface area is 112 Å². The number of aromatic amines is 2. The highest BCUT2D eigenvalue weighted by atomic mass is 16.2. The normalized spacial score (nSPS) is 11.1. The van der Waals surface area contributed by atoms with Crippen LogP contribution in [0.5, 0.6) is 0 Å². The number of aromatic nitrogens is 6. The molecule has 0 spiro atoms. The summed E-state index contributed by atoms with van der Waals surface area (Å²) in [5, 5.41) is 0. The van der Waals surface area contributed by atoms with Crippen LogP contribution in [0.3, 0.4) is 0 Å². The Bertz CT molecular complexity index is 887. The molecule has 0 aromatic carbocycles. The third-order valence-corrected chi connectivity index (χ3v) is 2.97. The van der Waals surface area contributed by atoms with Gasteiger partial charge >= 0.3 is 5.69 Å². The lowest BCUT2D eigenvalue weighted by atomic mass is 10.4. The van der Waals surface area contributed by atoms with Crippen molar-refractivity contribution in [2.75, 3.05) is 0 Å². The fraction of sp³-hybridized carbons (Fsp3) is 0.250. The molecule has 0 aliphatic carbocycles. The molecule has 0 aliphatic rings. The minimum absolute atomic E-state index is 0.254. The van der Waals surface area contributed by atoms with Crippen molar-refractivity contribution in [3.63, 3.8) is 0 Å². The van der Waals surface area contributed by atoms with Crippen LogP contribution in [0.2, 0.25) is 0 Å². The van der Waals surface area contributed by atoms with Gasteiger partial charge in [0.25, 0.3) is 5.56 Å². The van der Waals surface area contributed by atoms with Crippen molar-refractivity contribution in [3.8, 4) is 11.5 Å². The van der Waals surface area contributed by atoms with Gasteiger partial charge in [0.2, 0.25) is 0 Å². The molecule has 3 aromatic heterocycles. The summed E-state index contributed by atoms with van der Waals surface area (Å²) in [6, 6.07) is 0. The lowest BCUT2D eigenvalue weighted by molar-refractivity contribution is 0.720. The van der Waals surface area contributed by atoms with Crippen LogP contribution in [0.15, 0.2) is 22.0 Å². The van der Waals surface area contributed by atoms with Crippen molar-refractivity contribution in [1.82, 2.24) is 29.5 Å². The maximum atomic E-state index is 11.8. The van der Waals surface area contributed by atoms with Crippen LogP contribution < -0.4 is 11.2 Å². The van der Waals surface area contributed by atoms with Crippen LogP contribution in [-0.4, -0.2) is 29.5 Å². The van der Waals surface area contributed by atoms with Gasteiger partial charge in [-0.05, 0) is 13.8 Å². The summed E-state index contributed by atoms with van der Waals surface area (Å²) in [5.41, 5.74) is 0.906. The van der Waals surface area contributed by atoms with Gasteiger partial charge in [0.15, 0.2) is 11.5 Å². The maximum absolute atomic E-state index is 11.8. The van der Waals surface area contributed by atoms with Gasteiger partial charge in [-0.1, -0.05) is 0 Å². The van der Waals surface area contributed by atoms with E-state index in [1.807, 2.05) is 6.92 Å². The van der Waals surface area contributed by atoms with Gasteiger partial charge in [-0.2, -0.15) is 0 Å². The molecular formula is C12H12N6O2. The first kappa shape index (κ1) is 12.3. The topological polar surface area (TPSA) is 109 Å².